The standard InChI is InChI=1S/C24H34F4O/c25-21-15-20(16-22(26)23(21)29-24(27)28)14-13-19-11-9-18(10-12-19)8-4-3-7-17-5-1-2-6-17/h15-19,24H,1-14H2. The molecular formula is C24H34F4O. The molecule has 0 saturated heterocycles. The van der Waals surface area contributed by atoms with E-state index in [9.17, 15) is 17.6 Å². The summed E-state index contributed by atoms with van der Waals surface area (Å²) in [5.41, 5.74) is 0.510. The third kappa shape index (κ3) is 7.18. The molecule has 0 spiro atoms. The van der Waals surface area contributed by atoms with Gasteiger partial charge in [-0.1, -0.05) is 77.0 Å². The summed E-state index contributed by atoms with van der Waals surface area (Å²) in [6.45, 7) is -3.23. The van der Waals surface area contributed by atoms with Gasteiger partial charge in [-0.05, 0) is 48.3 Å². The summed E-state index contributed by atoms with van der Waals surface area (Å²) in [6.07, 6.45) is 17.6. The molecule has 29 heavy (non-hydrogen) atoms. The van der Waals surface area contributed by atoms with Gasteiger partial charge in [0, 0.05) is 0 Å². The molecule has 0 aliphatic heterocycles. The minimum atomic E-state index is -3.23. The molecule has 1 nitrogen and oxygen atoms in total. The molecule has 2 aliphatic rings. The van der Waals surface area contributed by atoms with Gasteiger partial charge in [0.15, 0.2) is 17.4 Å². The van der Waals surface area contributed by atoms with Crippen LogP contribution in [-0.2, 0) is 6.42 Å². The highest BCUT2D eigenvalue weighted by atomic mass is 19.3. The van der Waals surface area contributed by atoms with Crippen molar-refractivity contribution >= 4 is 0 Å². The molecule has 5 heteroatoms. The molecule has 2 aliphatic carbocycles. The fourth-order valence-electron chi connectivity index (χ4n) is 5.30. The monoisotopic (exact) mass is 414 g/mol. The van der Waals surface area contributed by atoms with Crippen LogP contribution < -0.4 is 4.74 Å². The van der Waals surface area contributed by atoms with Crippen LogP contribution in [0.2, 0.25) is 0 Å². The summed E-state index contributed by atoms with van der Waals surface area (Å²) in [4.78, 5) is 0. The van der Waals surface area contributed by atoms with Crippen LogP contribution in [0.5, 0.6) is 5.75 Å². The van der Waals surface area contributed by atoms with E-state index in [-0.39, 0.29) is 0 Å². The molecule has 0 N–H and O–H groups in total. The summed E-state index contributed by atoms with van der Waals surface area (Å²) in [6, 6.07) is 2.24. The first kappa shape index (κ1) is 22.4. The molecule has 164 valence electrons. The third-order valence-electron chi connectivity index (χ3n) is 7.02. The van der Waals surface area contributed by atoms with E-state index in [1.54, 1.807) is 0 Å². The first-order valence-electron chi connectivity index (χ1n) is 11.4. The second kappa shape index (κ2) is 11.2. The quantitative estimate of drug-likeness (QED) is 0.278. The fourth-order valence-corrected chi connectivity index (χ4v) is 5.30. The number of halogens is 4. The highest BCUT2D eigenvalue weighted by molar-refractivity contribution is 5.31. The Hall–Kier alpha value is -1.26. The molecule has 0 unspecified atom stereocenters. The minimum Gasteiger partial charge on any atom is -0.429 e. The van der Waals surface area contributed by atoms with Crippen LogP contribution in [-0.4, -0.2) is 6.61 Å². The van der Waals surface area contributed by atoms with Gasteiger partial charge in [-0.15, -0.1) is 0 Å². The number of unbranched alkanes of at least 4 members (excludes halogenated alkanes) is 1. The molecule has 2 fully saturated rings. The minimum absolute atomic E-state index is 0.510. The molecule has 0 atom stereocenters. The van der Waals surface area contributed by atoms with Gasteiger partial charge in [0.05, 0.1) is 0 Å². The zero-order chi connectivity index (χ0) is 20.6. The molecule has 2 saturated carbocycles. The summed E-state index contributed by atoms with van der Waals surface area (Å²) in [5, 5.41) is 0. The lowest BCUT2D eigenvalue weighted by molar-refractivity contribution is -0.0546. The van der Waals surface area contributed by atoms with Crippen molar-refractivity contribution < 1.29 is 22.3 Å². The first-order chi connectivity index (χ1) is 14.0. The van der Waals surface area contributed by atoms with Crippen LogP contribution in [0.15, 0.2) is 12.1 Å². The van der Waals surface area contributed by atoms with Gasteiger partial charge in [-0.3, -0.25) is 0 Å². The average Bonchev–Trinajstić information content (AvgIpc) is 3.21. The van der Waals surface area contributed by atoms with Crippen molar-refractivity contribution in [1.82, 2.24) is 0 Å². The first-order valence-corrected chi connectivity index (χ1v) is 11.4. The smallest absolute Gasteiger partial charge is 0.387 e. The summed E-state index contributed by atoms with van der Waals surface area (Å²) >= 11 is 0. The van der Waals surface area contributed by atoms with Gasteiger partial charge in [0.25, 0.3) is 0 Å². The maximum absolute atomic E-state index is 13.8. The van der Waals surface area contributed by atoms with Crippen LogP contribution in [0.1, 0.15) is 89.0 Å². The van der Waals surface area contributed by atoms with Crippen LogP contribution in [0.4, 0.5) is 17.6 Å². The van der Waals surface area contributed by atoms with E-state index in [1.165, 1.54) is 77.0 Å². The maximum atomic E-state index is 13.8. The van der Waals surface area contributed by atoms with Crippen LogP contribution >= 0.6 is 0 Å². The normalized spacial score (nSPS) is 23.1. The zero-order valence-corrected chi connectivity index (χ0v) is 17.3. The highest BCUT2D eigenvalue weighted by Gasteiger charge is 2.22. The number of hydrogen-bond acceptors (Lipinski definition) is 1. The van der Waals surface area contributed by atoms with Gasteiger partial charge in [-0.2, -0.15) is 8.78 Å². The van der Waals surface area contributed by atoms with Crippen molar-refractivity contribution in [3.05, 3.63) is 29.3 Å². The van der Waals surface area contributed by atoms with Crippen molar-refractivity contribution in [3.63, 3.8) is 0 Å². The summed E-state index contributed by atoms with van der Waals surface area (Å²) < 4.78 is 56.0. The van der Waals surface area contributed by atoms with Crippen LogP contribution in [0, 0.1) is 29.4 Å². The van der Waals surface area contributed by atoms with Gasteiger partial charge in [0.2, 0.25) is 0 Å². The second-order valence-corrected chi connectivity index (χ2v) is 9.13. The number of hydrogen-bond donors (Lipinski definition) is 0. The van der Waals surface area contributed by atoms with E-state index in [2.05, 4.69) is 4.74 Å². The Kier molecular flexibility index (Phi) is 8.68. The van der Waals surface area contributed by atoms with Crippen molar-refractivity contribution in [3.8, 4) is 5.75 Å². The average molecular weight is 415 g/mol. The molecule has 0 radical (unpaired) electrons. The number of rotatable bonds is 10. The predicted molar refractivity (Wildman–Crippen MR) is 107 cm³/mol. The number of aryl methyl sites for hydroxylation is 1. The fraction of sp³-hybridized carbons (Fsp3) is 0.750. The predicted octanol–water partition coefficient (Wildman–Crippen LogP) is 8.06. The Morgan fingerprint density at radius 1 is 0.759 bits per heavy atom. The lowest BCUT2D eigenvalue weighted by Crippen LogP contribution is -2.15. The number of ether oxygens (including phenoxy) is 1. The lowest BCUT2D eigenvalue weighted by Gasteiger charge is -2.28. The van der Waals surface area contributed by atoms with E-state index in [0.717, 1.165) is 30.4 Å². The maximum Gasteiger partial charge on any atom is 0.387 e. The number of alkyl halides is 2. The topological polar surface area (TPSA) is 9.23 Å². The van der Waals surface area contributed by atoms with E-state index < -0.39 is 24.0 Å². The Morgan fingerprint density at radius 3 is 1.76 bits per heavy atom. The molecule has 0 amide bonds. The lowest BCUT2D eigenvalue weighted by atomic mass is 9.77. The van der Waals surface area contributed by atoms with Gasteiger partial charge in [0.1, 0.15) is 0 Å². The van der Waals surface area contributed by atoms with Crippen molar-refractivity contribution in [2.24, 2.45) is 17.8 Å². The van der Waals surface area contributed by atoms with E-state index >= 15 is 0 Å². The largest absolute Gasteiger partial charge is 0.429 e. The van der Waals surface area contributed by atoms with Gasteiger partial charge < -0.3 is 4.74 Å². The Morgan fingerprint density at radius 2 is 1.24 bits per heavy atom. The van der Waals surface area contributed by atoms with Crippen LogP contribution in [0.25, 0.3) is 0 Å². The van der Waals surface area contributed by atoms with Gasteiger partial charge in [-0.25, -0.2) is 8.78 Å². The second-order valence-electron chi connectivity index (χ2n) is 9.13. The van der Waals surface area contributed by atoms with Gasteiger partial charge >= 0.3 is 6.61 Å². The number of benzene rings is 1. The Bertz CT molecular complexity index is 596. The van der Waals surface area contributed by atoms with Crippen molar-refractivity contribution in [1.29, 1.82) is 0 Å². The zero-order valence-electron chi connectivity index (χ0n) is 17.3. The SMILES string of the molecule is Fc1cc(CCC2CCC(CCCCC3CCCC3)CC2)cc(F)c1OC(F)F. The van der Waals surface area contributed by atoms with Crippen molar-refractivity contribution in [2.75, 3.05) is 0 Å². The van der Waals surface area contributed by atoms with E-state index in [0.29, 0.717) is 17.9 Å². The Balaban J connectivity index is 1.33. The molecule has 1 aromatic rings. The van der Waals surface area contributed by atoms with Crippen molar-refractivity contribution in [2.45, 2.75) is 96.5 Å². The molecule has 0 bridgehead atoms. The molecule has 3 rings (SSSR count). The molecule has 0 heterocycles. The molecular weight excluding hydrogens is 380 g/mol. The molecule has 0 aromatic heterocycles. The highest BCUT2D eigenvalue weighted by Crippen LogP contribution is 2.36. The van der Waals surface area contributed by atoms with E-state index in [1.807, 2.05) is 0 Å². The Labute approximate surface area is 172 Å². The third-order valence-corrected chi connectivity index (χ3v) is 7.02. The van der Waals surface area contributed by atoms with E-state index in [4.69, 9.17) is 0 Å². The molecule has 1 aromatic carbocycles. The summed E-state index contributed by atoms with van der Waals surface area (Å²) in [5.74, 6) is -0.667. The summed E-state index contributed by atoms with van der Waals surface area (Å²) in [7, 11) is 0. The van der Waals surface area contributed by atoms with Crippen LogP contribution in [0.3, 0.4) is 0 Å².